The fourth-order valence-electron chi connectivity index (χ4n) is 5.62. The highest BCUT2D eigenvalue weighted by atomic mass is 16.6. The Labute approximate surface area is 229 Å². The second-order valence-corrected chi connectivity index (χ2v) is 11.6. The quantitative estimate of drug-likeness (QED) is 0.281. The minimum Gasteiger partial charge on any atom is -0.444 e. The molecule has 1 saturated carbocycles. The van der Waals surface area contributed by atoms with Gasteiger partial charge in [-0.15, -0.1) is 0 Å². The number of ether oxygens (including phenoxy) is 1. The highest BCUT2D eigenvalue weighted by molar-refractivity contribution is 5.90. The molecule has 7 nitrogen and oxygen atoms in total. The van der Waals surface area contributed by atoms with Gasteiger partial charge in [0.2, 0.25) is 0 Å². The predicted octanol–water partition coefficient (Wildman–Crippen LogP) is 6.44. The zero-order valence-corrected chi connectivity index (χ0v) is 22.9. The van der Waals surface area contributed by atoms with Crippen LogP contribution in [0.4, 0.5) is 4.79 Å². The van der Waals surface area contributed by atoms with Crippen LogP contribution in [0.15, 0.2) is 73.1 Å². The summed E-state index contributed by atoms with van der Waals surface area (Å²) in [6.45, 7) is 5.72. The molecule has 0 radical (unpaired) electrons. The summed E-state index contributed by atoms with van der Waals surface area (Å²) in [6, 6.07) is 21.4. The van der Waals surface area contributed by atoms with Crippen LogP contribution >= 0.6 is 0 Å². The largest absolute Gasteiger partial charge is 0.444 e. The molecule has 2 heterocycles. The number of H-pyrrole nitrogens is 1. The van der Waals surface area contributed by atoms with Crippen LogP contribution in [-0.4, -0.2) is 39.7 Å². The van der Waals surface area contributed by atoms with E-state index in [0.29, 0.717) is 11.6 Å². The number of aromatic nitrogens is 2. The van der Waals surface area contributed by atoms with Gasteiger partial charge in [-0.2, -0.15) is 0 Å². The zero-order valence-electron chi connectivity index (χ0n) is 22.9. The zero-order chi connectivity index (χ0) is 27.3. The normalized spacial score (nSPS) is 20.7. The first-order valence-electron chi connectivity index (χ1n) is 13.5. The second kappa shape index (κ2) is 9.49. The number of carbonyl (C=O) groups excluding carboxylic acids is 1. The van der Waals surface area contributed by atoms with Crippen LogP contribution in [-0.2, 0) is 4.74 Å². The molecule has 0 bridgehead atoms. The Morgan fingerprint density at radius 1 is 1.03 bits per heavy atom. The highest BCUT2D eigenvalue weighted by Crippen LogP contribution is 2.53. The number of nitrogens with one attached hydrogen (secondary N) is 2. The van der Waals surface area contributed by atoms with Gasteiger partial charge in [-0.3, -0.25) is 4.90 Å². The number of nitrogens with zero attached hydrogens (tertiary/aromatic N) is 2. The molecule has 4 aromatic rings. The monoisotopic (exact) mass is 521 g/mol. The van der Waals surface area contributed by atoms with Crippen LogP contribution in [0.2, 0.25) is 0 Å². The predicted molar refractivity (Wildman–Crippen MR) is 156 cm³/mol. The average Bonchev–Trinajstić information content (AvgIpc) is 3.32. The van der Waals surface area contributed by atoms with Gasteiger partial charge in [-0.05, 0) is 84.7 Å². The van der Waals surface area contributed by atoms with Crippen molar-refractivity contribution in [1.82, 2.24) is 20.2 Å². The average molecular weight is 522 g/mol. The van der Waals surface area contributed by atoms with Crippen molar-refractivity contribution in [3.8, 4) is 22.4 Å². The fourth-order valence-corrected chi connectivity index (χ4v) is 5.62. The molecule has 7 heteroatoms. The third-order valence-electron chi connectivity index (χ3n) is 7.62. The Hall–Kier alpha value is -4.26. The first kappa shape index (κ1) is 25.0. The lowest BCUT2D eigenvalue weighted by molar-refractivity contribution is 0.0175. The summed E-state index contributed by atoms with van der Waals surface area (Å²) >= 11 is 0. The van der Waals surface area contributed by atoms with Crippen LogP contribution in [0.5, 0.6) is 0 Å². The maximum absolute atomic E-state index is 12.9. The van der Waals surface area contributed by atoms with Crippen molar-refractivity contribution < 1.29 is 9.53 Å². The topological polar surface area (TPSA) is 96.3 Å². The van der Waals surface area contributed by atoms with E-state index in [0.717, 1.165) is 52.0 Å². The first-order valence-corrected chi connectivity index (χ1v) is 13.5. The van der Waals surface area contributed by atoms with Gasteiger partial charge >= 0.3 is 6.09 Å². The minimum atomic E-state index is -0.518. The Balaban J connectivity index is 1.20. The number of rotatable bonds is 5. The Morgan fingerprint density at radius 2 is 1.72 bits per heavy atom. The summed E-state index contributed by atoms with van der Waals surface area (Å²) in [5, 5.41) is 5.29. The number of amides is 1. The summed E-state index contributed by atoms with van der Waals surface area (Å²) in [5.74, 6) is 1.37. The SMILES string of the molecule is CN/C=C(\N)c1ccc2cc(-c3ccc(-c4cnc([C@@H]5C[C@@H]6C[C@@H]6N5C(=O)OC(C)(C)C)[nH]4)cc3)ccc2c1. The van der Waals surface area contributed by atoms with E-state index in [-0.39, 0.29) is 18.2 Å². The molecule has 39 heavy (non-hydrogen) atoms. The number of carbonyl (C=O) groups is 1. The van der Waals surface area contributed by atoms with Crippen molar-refractivity contribution in [2.75, 3.05) is 7.05 Å². The molecular weight excluding hydrogens is 486 g/mol. The minimum absolute atomic E-state index is 0.0705. The van der Waals surface area contributed by atoms with E-state index in [1.54, 1.807) is 6.20 Å². The molecule has 2 aliphatic rings. The number of aromatic amines is 1. The lowest BCUT2D eigenvalue weighted by atomic mass is 9.98. The summed E-state index contributed by atoms with van der Waals surface area (Å²) in [4.78, 5) is 23.0. The molecule has 1 aliphatic heterocycles. The van der Waals surface area contributed by atoms with Gasteiger partial charge in [0.15, 0.2) is 0 Å². The number of likely N-dealkylation sites (tertiary alicyclic amines) is 1. The van der Waals surface area contributed by atoms with Gasteiger partial charge in [0, 0.05) is 19.3 Å². The van der Waals surface area contributed by atoms with Crippen LogP contribution < -0.4 is 11.1 Å². The molecule has 3 aromatic carbocycles. The smallest absolute Gasteiger partial charge is 0.411 e. The Morgan fingerprint density at radius 3 is 2.46 bits per heavy atom. The molecular formula is C32H35N5O2. The van der Waals surface area contributed by atoms with Crippen LogP contribution in [0.3, 0.4) is 0 Å². The molecule has 1 aliphatic carbocycles. The van der Waals surface area contributed by atoms with E-state index in [4.69, 9.17) is 10.5 Å². The van der Waals surface area contributed by atoms with E-state index in [9.17, 15) is 4.79 Å². The molecule has 4 N–H and O–H groups in total. The van der Waals surface area contributed by atoms with E-state index in [2.05, 4.69) is 69.9 Å². The molecule has 1 saturated heterocycles. The molecule has 2 fully saturated rings. The van der Waals surface area contributed by atoms with Crippen molar-refractivity contribution in [3.63, 3.8) is 0 Å². The van der Waals surface area contributed by atoms with Crippen LogP contribution in [0.1, 0.15) is 51.0 Å². The molecule has 1 amide bonds. The van der Waals surface area contributed by atoms with Gasteiger partial charge in [-0.1, -0.05) is 48.5 Å². The van der Waals surface area contributed by atoms with Crippen molar-refractivity contribution in [2.24, 2.45) is 11.7 Å². The van der Waals surface area contributed by atoms with Crippen molar-refractivity contribution in [3.05, 3.63) is 84.4 Å². The second-order valence-electron chi connectivity index (χ2n) is 11.6. The lowest BCUT2D eigenvalue weighted by Crippen LogP contribution is -2.38. The maximum Gasteiger partial charge on any atom is 0.411 e. The van der Waals surface area contributed by atoms with Gasteiger partial charge in [0.25, 0.3) is 0 Å². The van der Waals surface area contributed by atoms with Gasteiger partial charge in [0.1, 0.15) is 11.4 Å². The number of nitrogens with two attached hydrogens (primary N) is 1. The molecule has 1 aromatic heterocycles. The molecule has 6 rings (SSSR count). The number of fused-ring (bicyclic) bond motifs is 2. The molecule has 0 unspecified atom stereocenters. The standard InChI is InChI=1S/C32H35N5O2/c1-32(2,3)39-31(38)37-28-15-25(28)16-29(37)30-35-18-27(36-30)20-7-5-19(6-8-20)21-9-10-23-14-24(26(33)17-34-4)12-11-22(23)13-21/h5-14,17-18,25,28-29,34H,15-16,33H2,1-4H3,(H,35,36)/b26-17-/t25-,28-,29-/m0/s1. The van der Waals surface area contributed by atoms with E-state index in [1.807, 2.05) is 45.0 Å². The van der Waals surface area contributed by atoms with E-state index < -0.39 is 5.60 Å². The Bertz CT molecular complexity index is 1560. The van der Waals surface area contributed by atoms with Crippen molar-refractivity contribution >= 4 is 22.6 Å². The fraction of sp³-hybridized carbons (Fsp3) is 0.312. The summed E-state index contributed by atoms with van der Waals surface area (Å²) < 4.78 is 5.70. The highest BCUT2D eigenvalue weighted by Gasteiger charge is 2.56. The lowest BCUT2D eigenvalue weighted by Gasteiger charge is -2.29. The van der Waals surface area contributed by atoms with E-state index >= 15 is 0 Å². The summed E-state index contributed by atoms with van der Waals surface area (Å²) in [5.41, 5.74) is 11.6. The molecule has 3 atom stereocenters. The molecule has 0 spiro atoms. The number of imidazole rings is 1. The van der Waals surface area contributed by atoms with Crippen molar-refractivity contribution in [1.29, 1.82) is 0 Å². The number of hydrogen-bond acceptors (Lipinski definition) is 5. The van der Waals surface area contributed by atoms with Crippen molar-refractivity contribution in [2.45, 2.75) is 51.3 Å². The number of hydrogen-bond donors (Lipinski definition) is 3. The van der Waals surface area contributed by atoms with Crippen LogP contribution in [0.25, 0.3) is 38.9 Å². The first-order chi connectivity index (χ1) is 18.7. The maximum atomic E-state index is 12.9. The van der Waals surface area contributed by atoms with E-state index in [1.165, 1.54) is 5.39 Å². The summed E-state index contributed by atoms with van der Waals surface area (Å²) in [7, 11) is 1.84. The van der Waals surface area contributed by atoms with Gasteiger partial charge in [0.05, 0.1) is 23.6 Å². The van der Waals surface area contributed by atoms with Gasteiger partial charge in [-0.25, -0.2) is 9.78 Å². The number of piperidine rings is 1. The third-order valence-corrected chi connectivity index (χ3v) is 7.62. The Kier molecular flexibility index (Phi) is 6.09. The molecule has 200 valence electrons. The van der Waals surface area contributed by atoms with Crippen LogP contribution in [0, 0.1) is 5.92 Å². The van der Waals surface area contributed by atoms with Gasteiger partial charge < -0.3 is 20.8 Å². The summed E-state index contributed by atoms with van der Waals surface area (Å²) in [6.07, 6.45) is 5.40. The third kappa shape index (κ3) is 4.97. The number of benzene rings is 3.